The fourth-order valence-electron chi connectivity index (χ4n) is 2.86. The van der Waals surface area contributed by atoms with Crippen LogP contribution in [0.5, 0.6) is 0 Å². The van der Waals surface area contributed by atoms with Crippen molar-refractivity contribution in [3.05, 3.63) is 59.2 Å². The number of hydrogen-bond donors (Lipinski definition) is 1. The van der Waals surface area contributed by atoms with Crippen LogP contribution < -0.4 is 5.32 Å². The van der Waals surface area contributed by atoms with Crippen molar-refractivity contribution < 1.29 is 13.2 Å². The van der Waals surface area contributed by atoms with Gasteiger partial charge in [0.15, 0.2) is 0 Å². The lowest BCUT2D eigenvalue weighted by Gasteiger charge is -2.20. The zero-order chi connectivity index (χ0) is 14.3. The van der Waals surface area contributed by atoms with Gasteiger partial charge in [0.25, 0.3) is 0 Å². The Balaban J connectivity index is 2.03. The number of benzene rings is 2. The van der Waals surface area contributed by atoms with Crippen LogP contribution in [-0.4, -0.2) is 13.2 Å². The Morgan fingerprint density at radius 1 is 1.00 bits per heavy atom. The van der Waals surface area contributed by atoms with E-state index in [1.165, 1.54) is 12.6 Å². The first kappa shape index (κ1) is 13.2. The standard InChI is InChI=1S/C16H14F3N/c1-20-15(16(17,18)19)11-6-7-14-12(9-11)8-10-4-2-3-5-13(10)14/h2-7,9,15,20H,8H2,1H3. The zero-order valence-electron chi connectivity index (χ0n) is 11.0. The Hall–Kier alpha value is -1.81. The maximum Gasteiger partial charge on any atom is 0.407 e. The highest BCUT2D eigenvalue weighted by atomic mass is 19.4. The van der Waals surface area contributed by atoms with Crippen LogP contribution in [0.2, 0.25) is 0 Å². The highest BCUT2D eigenvalue weighted by Gasteiger charge is 2.40. The number of hydrogen-bond acceptors (Lipinski definition) is 1. The summed E-state index contributed by atoms with van der Waals surface area (Å²) in [5.41, 5.74) is 4.58. The molecule has 0 radical (unpaired) electrons. The van der Waals surface area contributed by atoms with Gasteiger partial charge in [0.05, 0.1) is 0 Å². The van der Waals surface area contributed by atoms with Gasteiger partial charge in [-0.1, -0.05) is 42.5 Å². The molecule has 0 bridgehead atoms. The number of alkyl halides is 3. The Kier molecular flexibility index (Phi) is 3.05. The smallest absolute Gasteiger partial charge is 0.306 e. The third-order valence-corrected chi connectivity index (χ3v) is 3.77. The van der Waals surface area contributed by atoms with E-state index in [1.807, 2.05) is 24.3 Å². The molecular formula is C16H14F3N. The van der Waals surface area contributed by atoms with Gasteiger partial charge in [0.1, 0.15) is 6.04 Å². The van der Waals surface area contributed by atoms with E-state index in [9.17, 15) is 13.2 Å². The zero-order valence-corrected chi connectivity index (χ0v) is 11.0. The second-order valence-corrected chi connectivity index (χ2v) is 5.01. The molecule has 1 nitrogen and oxygen atoms in total. The topological polar surface area (TPSA) is 12.0 Å². The summed E-state index contributed by atoms with van der Waals surface area (Å²) in [6.45, 7) is 0. The molecule has 0 aliphatic heterocycles. The van der Waals surface area contributed by atoms with Crippen LogP contribution in [0.15, 0.2) is 42.5 Å². The van der Waals surface area contributed by atoms with Gasteiger partial charge in [-0.15, -0.1) is 0 Å². The van der Waals surface area contributed by atoms with Crippen LogP contribution in [0.1, 0.15) is 22.7 Å². The van der Waals surface area contributed by atoms with E-state index < -0.39 is 12.2 Å². The SMILES string of the molecule is CNC(c1ccc2c(c1)Cc1ccccc1-2)C(F)(F)F. The van der Waals surface area contributed by atoms with E-state index in [0.717, 1.165) is 16.7 Å². The third kappa shape index (κ3) is 2.10. The molecule has 1 atom stereocenters. The predicted octanol–water partition coefficient (Wildman–Crippen LogP) is 4.08. The fraction of sp³-hybridized carbons (Fsp3) is 0.250. The molecule has 4 heteroatoms. The summed E-state index contributed by atoms with van der Waals surface area (Å²) in [4.78, 5) is 0. The van der Waals surface area contributed by atoms with Crippen molar-refractivity contribution in [2.75, 3.05) is 7.05 Å². The molecular weight excluding hydrogens is 263 g/mol. The molecule has 0 saturated carbocycles. The van der Waals surface area contributed by atoms with Gasteiger partial charge in [0, 0.05) is 0 Å². The van der Waals surface area contributed by atoms with Crippen molar-refractivity contribution in [2.45, 2.75) is 18.6 Å². The summed E-state index contributed by atoms with van der Waals surface area (Å²) in [6, 6.07) is 11.4. The minimum atomic E-state index is -4.28. The molecule has 1 aliphatic carbocycles. The molecule has 0 aromatic heterocycles. The lowest BCUT2D eigenvalue weighted by Crippen LogP contribution is -2.31. The monoisotopic (exact) mass is 277 g/mol. The Morgan fingerprint density at radius 3 is 2.40 bits per heavy atom. The maximum absolute atomic E-state index is 13.0. The summed E-state index contributed by atoms with van der Waals surface area (Å²) >= 11 is 0. The van der Waals surface area contributed by atoms with E-state index in [2.05, 4.69) is 5.32 Å². The van der Waals surface area contributed by atoms with Gasteiger partial charge in [0.2, 0.25) is 0 Å². The minimum Gasteiger partial charge on any atom is -0.306 e. The van der Waals surface area contributed by atoms with Crippen LogP contribution in [-0.2, 0) is 6.42 Å². The molecule has 3 rings (SSSR count). The normalized spacial score (nSPS) is 14.8. The lowest BCUT2D eigenvalue weighted by atomic mass is 9.99. The largest absolute Gasteiger partial charge is 0.407 e. The van der Waals surface area contributed by atoms with Crippen LogP contribution in [0.3, 0.4) is 0 Å². The van der Waals surface area contributed by atoms with Crippen molar-refractivity contribution in [3.8, 4) is 11.1 Å². The molecule has 1 unspecified atom stereocenters. The van der Waals surface area contributed by atoms with E-state index in [1.54, 1.807) is 18.2 Å². The summed E-state index contributed by atoms with van der Waals surface area (Å²) in [7, 11) is 1.33. The summed E-state index contributed by atoms with van der Waals surface area (Å²) < 4.78 is 38.9. The third-order valence-electron chi connectivity index (χ3n) is 3.77. The quantitative estimate of drug-likeness (QED) is 0.744. The second-order valence-electron chi connectivity index (χ2n) is 5.01. The molecule has 2 aromatic rings. The van der Waals surface area contributed by atoms with E-state index in [-0.39, 0.29) is 5.56 Å². The average Bonchev–Trinajstić information content (AvgIpc) is 2.75. The van der Waals surface area contributed by atoms with Gasteiger partial charge < -0.3 is 5.32 Å². The van der Waals surface area contributed by atoms with Crippen LogP contribution in [0.25, 0.3) is 11.1 Å². The van der Waals surface area contributed by atoms with Gasteiger partial charge >= 0.3 is 6.18 Å². The van der Waals surface area contributed by atoms with Gasteiger partial charge in [-0.3, -0.25) is 0 Å². The second kappa shape index (κ2) is 4.63. The first-order valence-corrected chi connectivity index (χ1v) is 6.46. The highest BCUT2D eigenvalue weighted by molar-refractivity contribution is 5.77. The Bertz CT molecular complexity index is 646. The lowest BCUT2D eigenvalue weighted by molar-refractivity contribution is -0.156. The molecule has 0 heterocycles. The maximum atomic E-state index is 13.0. The predicted molar refractivity (Wildman–Crippen MR) is 72.5 cm³/mol. The number of nitrogens with one attached hydrogen (secondary N) is 1. The highest BCUT2D eigenvalue weighted by Crippen LogP contribution is 2.39. The molecule has 0 spiro atoms. The van der Waals surface area contributed by atoms with Gasteiger partial charge in [-0.05, 0) is 41.3 Å². The van der Waals surface area contributed by atoms with Crippen LogP contribution >= 0.6 is 0 Å². The number of rotatable bonds is 2. The Morgan fingerprint density at radius 2 is 1.70 bits per heavy atom. The van der Waals surface area contributed by atoms with E-state index >= 15 is 0 Å². The van der Waals surface area contributed by atoms with E-state index in [0.29, 0.717) is 6.42 Å². The molecule has 1 N–H and O–H groups in total. The molecule has 0 amide bonds. The molecule has 2 aromatic carbocycles. The van der Waals surface area contributed by atoms with Crippen molar-refractivity contribution >= 4 is 0 Å². The fourth-order valence-corrected chi connectivity index (χ4v) is 2.86. The average molecular weight is 277 g/mol. The van der Waals surface area contributed by atoms with Crippen LogP contribution in [0.4, 0.5) is 13.2 Å². The van der Waals surface area contributed by atoms with Crippen molar-refractivity contribution in [1.29, 1.82) is 0 Å². The van der Waals surface area contributed by atoms with Crippen LogP contribution in [0, 0.1) is 0 Å². The number of fused-ring (bicyclic) bond motifs is 3. The molecule has 1 aliphatic rings. The summed E-state index contributed by atoms with van der Waals surface area (Å²) in [6.07, 6.45) is -3.58. The van der Waals surface area contributed by atoms with Crippen molar-refractivity contribution in [2.24, 2.45) is 0 Å². The van der Waals surface area contributed by atoms with Gasteiger partial charge in [-0.25, -0.2) is 0 Å². The summed E-state index contributed by atoms with van der Waals surface area (Å²) in [5, 5.41) is 2.35. The molecule has 0 saturated heterocycles. The molecule has 0 fully saturated rings. The molecule has 104 valence electrons. The molecule has 20 heavy (non-hydrogen) atoms. The minimum absolute atomic E-state index is 0.270. The van der Waals surface area contributed by atoms with E-state index in [4.69, 9.17) is 0 Å². The van der Waals surface area contributed by atoms with Crippen molar-refractivity contribution in [3.63, 3.8) is 0 Å². The summed E-state index contributed by atoms with van der Waals surface area (Å²) in [5.74, 6) is 0. The van der Waals surface area contributed by atoms with Gasteiger partial charge in [-0.2, -0.15) is 13.2 Å². The Labute approximate surface area is 115 Å². The van der Waals surface area contributed by atoms with Crippen molar-refractivity contribution in [1.82, 2.24) is 5.32 Å². The first-order chi connectivity index (χ1) is 9.50. The number of halogens is 3. The first-order valence-electron chi connectivity index (χ1n) is 6.46.